The van der Waals surface area contributed by atoms with Crippen molar-refractivity contribution in [3.05, 3.63) is 236 Å². The molecule has 0 bridgehead atoms. The van der Waals surface area contributed by atoms with E-state index in [1.165, 1.54) is 0 Å². The molecule has 3 nitrogen and oxygen atoms in total. The zero-order valence-corrected chi connectivity index (χ0v) is 32.4. The van der Waals surface area contributed by atoms with Crippen LogP contribution in [0.1, 0.15) is 17.8 Å². The van der Waals surface area contributed by atoms with Crippen molar-refractivity contribution in [2.24, 2.45) is 0 Å². The molecular formula is C58H40N2O. The van der Waals surface area contributed by atoms with Crippen molar-refractivity contribution in [2.75, 3.05) is 4.90 Å². The number of para-hydroxylation sites is 4. The van der Waals surface area contributed by atoms with E-state index in [2.05, 4.69) is 34.9 Å². The van der Waals surface area contributed by atoms with Gasteiger partial charge in [-0.2, -0.15) is 0 Å². The van der Waals surface area contributed by atoms with Gasteiger partial charge in [-0.25, -0.2) is 0 Å². The lowest BCUT2D eigenvalue weighted by molar-refractivity contribution is 0.479. The highest BCUT2D eigenvalue weighted by Gasteiger charge is 2.18. The first-order valence-electron chi connectivity index (χ1n) is 26.2. The van der Waals surface area contributed by atoms with Crippen molar-refractivity contribution in [2.45, 2.75) is 0 Å². The maximum Gasteiger partial charge on any atom is 0.131 e. The van der Waals surface area contributed by atoms with Crippen LogP contribution in [0.5, 0.6) is 5.75 Å². The Balaban J connectivity index is 1.08. The number of phenols is 1. The van der Waals surface area contributed by atoms with Crippen LogP contribution < -0.4 is 4.90 Å². The molecule has 11 rings (SSSR count). The molecular weight excluding hydrogens is 741 g/mol. The van der Waals surface area contributed by atoms with Crippen LogP contribution in [0.4, 0.5) is 17.1 Å². The Labute approximate surface area is 373 Å². The molecule has 0 aliphatic rings. The molecule has 288 valence electrons. The monoisotopic (exact) mass is 793 g/mol. The molecule has 0 atom stereocenters. The molecule has 0 saturated heterocycles. The van der Waals surface area contributed by atoms with E-state index in [1.54, 1.807) is 4.90 Å². The second-order valence-corrected chi connectivity index (χ2v) is 14.5. The number of hydrogen-bond acceptors (Lipinski definition) is 2. The summed E-state index contributed by atoms with van der Waals surface area (Å²) in [5.41, 5.74) is 5.34. The standard InChI is InChI=1S/C58H40N2O/c61-58-51(20-12-21-52(58)46-26-25-41-15-4-5-16-45(41)39-46)44-31-37-49(38-32-44)59(47-33-27-42(28-34-47)40-13-2-1-3-14-40)48-35-29-43(30-36-48)50-17-6-9-22-55(50)60-56-23-10-7-18-53(56)54-19-8-11-24-57(54)60/h1-39,61H/i4D,5D,12D,15D,16D,20D,21D,25D,26D,31D,32D,37D,38D. The summed E-state index contributed by atoms with van der Waals surface area (Å²) in [4.78, 5) is 1.61. The van der Waals surface area contributed by atoms with Gasteiger partial charge in [0, 0.05) is 44.5 Å². The van der Waals surface area contributed by atoms with Gasteiger partial charge in [-0.3, -0.25) is 0 Å². The predicted molar refractivity (Wildman–Crippen MR) is 256 cm³/mol. The van der Waals surface area contributed by atoms with Crippen LogP contribution >= 0.6 is 0 Å². The zero-order valence-electron chi connectivity index (χ0n) is 45.4. The van der Waals surface area contributed by atoms with Crippen LogP contribution in [0.2, 0.25) is 0 Å². The van der Waals surface area contributed by atoms with E-state index in [0.717, 1.165) is 55.8 Å². The number of anilines is 3. The minimum atomic E-state index is -0.942. The Kier molecular flexibility index (Phi) is 6.17. The third kappa shape index (κ3) is 6.50. The molecule has 0 aliphatic carbocycles. The third-order valence-electron chi connectivity index (χ3n) is 10.9. The van der Waals surface area contributed by atoms with Crippen molar-refractivity contribution in [1.82, 2.24) is 4.57 Å². The summed E-state index contributed by atoms with van der Waals surface area (Å²) in [6.45, 7) is 0. The van der Waals surface area contributed by atoms with Crippen LogP contribution in [-0.2, 0) is 0 Å². The normalized spacial score (nSPS) is 14.3. The Morgan fingerprint density at radius 3 is 1.61 bits per heavy atom. The second kappa shape index (κ2) is 15.2. The second-order valence-electron chi connectivity index (χ2n) is 14.5. The quantitative estimate of drug-likeness (QED) is 0.166. The smallest absolute Gasteiger partial charge is 0.131 e. The first-order valence-corrected chi connectivity index (χ1v) is 19.7. The van der Waals surface area contributed by atoms with Crippen LogP contribution in [0.3, 0.4) is 0 Å². The minimum Gasteiger partial charge on any atom is -0.507 e. The van der Waals surface area contributed by atoms with Gasteiger partial charge in [0.05, 0.1) is 34.5 Å². The Morgan fingerprint density at radius 2 is 0.918 bits per heavy atom. The van der Waals surface area contributed by atoms with Crippen molar-refractivity contribution >= 4 is 49.6 Å². The summed E-state index contributed by atoms with van der Waals surface area (Å²) < 4.78 is 118. The summed E-state index contributed by atoms with van der Waals surface area (Å²) >= 11 is 0. The van der Waals surface area contributed by atoms with Gasteiger partial charge in [-0.15, -0.1) is 0 Å². The molecule has 0 radical (unpaired) electrons. The average Bonchev–Trinajstić information content (AvgIpc) is 3.76. The topological polar surface area (TPSA) is 28.4 Å². The number of aromatic hydroxyl groups is 1. The third-order valence-corrected chi connectivity index (χ3v) is 10.9. The Bertz CT molecular complexity index is 4040. The van der Waals surface area contributed by atoms with Gasteiger partial charge in [0.25, 0.3) is 0 Å². The SMILES string of the molecule is [2H]c1c([2H])c(-c2cc3c([2H])c([2H])c([2H])c([2H])c3c([2H])c2[2H])c(O)c(-c2c([2H])c([2H])c(N(c3ccc(-c4ccccc4)cc3)c3ccc(-c4ccccc4-n4c5ccccc5c5ccccc54)cc3)c([2H])c2[2H])c1[2H]. The van der Waals surface area contributed by atoms with Crippen LogP contribution in [0.25, 0.3) is 82.8 Å². The fraction of sp³-hybridized carbons (Fsp3) is 0. The Morgan fingerprint density at radius 1 is 0.377 bits per heavy atom. The van der Waals surface area contributed by atoms with Crippen molar-refractivity contribution in [1.29, 1.82) is 0 Å². The summed E-state index contributed by atoms with van der Waals surface area (Å²) in [6.07, 6.45) is 0. The van der Waals surface area contributed by atoms with Gasteiger partial charge in [-0.1, -0.05) is 176 Å². The number of nitrogens with zero attached hydrogens (tertiary/aromatic N) is 2. The van der Waals surface area contributed by atoms with Gasteiger partial charge >= 0.3 is 0 Å². The number of hydrogen-bond donors (Lipinski definition) is 1. The van der Waals surface area contributed by atoms with E-state index in [9.17, 15) is 10.6 Å². The molecule has 0 amide bonds. The van der Waals surface area contributed by atoms with Crippen molar-refractivity contribution < 1.29 is 22.9 Å². The number of fused-ring (bicyclic) bond motifs is 4. The molecule has 1 N–H and O–H groups in total. The number of aromatic nitrogens is 1. The Hall–Kier alpha value is -8.14. The van der Waals surface area contributed by atoms with Crippen LogP contribution in [0, 0.1) is 0 Å². The molecule has 1 heterocycles. The van der Waals surface area contributed by atoms with E-state index >= 15 is 0 Å². The van der Waals surface area contributed by atoms with Gasteiger partial charge in [0.15, 0.2) is 0 Å². The molecule has 61 heavy (non-hydrogen) atoms. The largest absolute Gasteiger partial charge is 0.507 e. The fourth-order valence-electron chi connectivity index (χ4n) is 8.02. The molecule has 0 unspecified atom stereocenters. The highest BCUT2D eigenvalue weighted by Crippen LogP contribution is 2.42. The summed E-state index contributed by atoms with van der Waals surface area (Å²) in [5, 5.41) is 13.9. The van der Waals surface area contributed by atoms with Gasteiger partial charge < -0.3 is 14.6 Å². The molecule has 0 saturated carbocycles. The first-order chi connectivity index (χ1) is 35.6. The summed E-state index contributed by atoms with van der Waals surface area (Å²) in [6, 6.07) is 41.9. The molecule has 0 fully saturated rings. The minimum absolute atomic E-state index is 0.167. The predicted octanol–water partition coefficient (Wildman–Crippen LogP) is 15.8. The van der Waals surface area contributed by atoms with E-state index in [4.69, 9.17) is 12.3 Å². The van der Waals surface area contributed by atoms with E-state index < -0.39 is 101 Å². The fourth-order valence-corrected chi connectivity index (χ4v) is 8.02. The molecule has 1 aromatic heterocycles. The van der Waals surface area contributed by atoms with E-state index in [1.807, 2.05) is 121 Å². The lowest BCUT2D eigenvalue weighted by atomic mass is 9.95. The van der Waals surface area contributed by atoms with E-state index in [-0.39, 0.29) is 22.0 Å². The molecule has 0 spiro atoms. The summed E-state index contributed by atoms with van der Waals surface area (Å²) in [5.74, 6) is -0.942. The van der Waals surface area contributed by atoms with Gasteiger partial charge in [0.1, 0.15) is 5.75 Å². The van der Waals surface area contributed by atoms with Crippen molar-refractivity contribution in [3.8, 4) is 55.9 Å². The number of rotatable bonds is 8. The van der Waals surface area contributed by atoms with Gasteiger partial charge in [-0.05, 0) is 99.2 Å². The highest BCUT2D eigenvalue weighted by molar-refractivity contribution is 6.09. The number of benzene rings is 10. The first kappa shape index (κ1) is 24.7. The van der Waals surface area contributed by atoms with Crippen LogP contribution in [-0.4, -0.2) is 9.67 Å². The molecule has 0 aliphatic heterocycles. The molecule has 3 heteroatoms. The summed E-state index contributed by atoms with van der Waals surface area (Å²) in [7, 11) is 0. The lowest BCUT2D eigenvalue weighted by Crippen LogP contribution is -2.09. The van der Waals surface area contributed by atoms with Gasteiger partial charge in [0.2, 0.25) is 0 Å². The average molecular weight is 794 g/mol. The molecule has 11 aromatic rings. The number of phenolic OH excluding ortho intramolecular Hbond substituents is 1. The molecule has 10 aromatic carbocycles. The maximum atomic E-state index is 12.2. The highest BCUT2D eigenvalue weighted by atomic mass is 16.3. The van der Waals surface area contributed by atoms with Crippen molar-refractivity contribution in [3.63, 3.8) is 0 Å². The van der Waals surface area contributed by atoms with Crippen LogP contribution in [0.15, 0.2) is 236 Å². The maximum absolute atomic E-state index is 12.2. The zero-order chi connectivity index (χ0) is 52.0. The van der Waals surface area contributed by atoms with E-state index in [0.29, 0.717) is 11.4 Å². The lowest BCUT2D eigenvalue weighted by Gasteiger charge is -2.26.